The van der Waals surface area contributed by atoms with E-state index in [4.69, 9.17) is 11.6 Å². The van der Waals surface area contributed by atoms with Crippen LogP contribution in [0.25, 0.3) is 0 Å². The highest BCUT2D eigenvalue weighted by molar-refractivity contribution is 6.32. The number of aliphatic hydroxyl groups is 1. The number of benzene rings is 1. The zero-order chi connectivity index (χ0) is 14.7. The molecule has 0 bridgehead atoms. The molecule has 5 heteroatoms. The van der Waals surface area contributed by atoms with Crippen LogP contribution < -0.4 is 0 Å². The van der Waals surface area contributed by atoms with Gasteiger partial charge < -0.3 is 5.11 Å². The maximum Gasteiger partial charge on any atom is 0.171 e. The van der Waals surface area contributed by atoms with Crippen molar-refractivity contribution in [2.45, 2.75) is 32.9 Å². The monoisotopic (exact) mass is 292 g/mol. The number of aryl methyl sites for hydroxylation is 2. The van der Waals surface area contributed by atoms with Crippen molar-refractivity contribution in [3.8, 4) is 0 Å². The van der Waals surface area contributed by atoms with E-state index >= 15 is 0 Å². The third-order valence-corrected chi connectivity index (χ3v) is 3.71. The molecule has 0 aliphatic rings. The fraction of sp³-hybridized carbons (Fsp3) is 0.333. The minimum Gasteiger partial charge on any atom is -0.381 e. The van der Waals surface area contributed by atoms with Crippen molar-refractivity contribution >= 4 is 17.4 Å². The van der Waals surface area contributed by atoms with Crippen LogP contribution in [0.15, 0.2) is 30.3 Å². The summed E-state index contributed by atoms with van der Waals surface area (Å²) in [4.78, 5) is 12.2. The van der Waals surface area contributed by atoms with E-state index in [1.165, 1.54) is 0 Å². The lowest BCUT2D eigenvalue weighted by molar-refractivity contribution is -0.126. The lowest BCUT2D eigenvalue weighted by Crippen LogP contribution is -2.17. The Bertz CT molecular complexity index is 608. The highest BCUT2D eigenvalue weighted by Gasteiger charge is 2.22. The van der Waals surface area contributed by atoms with Crippen LogP contribution in [0.5, 0.6) is 0 Å². The number of rotatable bonds is 5. The van der Waals surface area contributed by atoms with Crippen molar-refractivity contribution in [3.63, 3.8) is 0 Å². The molecule has 0 fully saturated rings. The minimum absolute atomic E-state index is 0.0730. The van der Waals surface area contributed by atoms with Gasteiger partial charge in [-0.3, -0.25) is 9.48 Å². The lowest BCUT2D eigenvalue weighted by Gasteiger charge is -2.11. The lowest BCUT2D eigenvalue weighted by atomic mass is 10.0. The Hall–Kier alpha value is -1.65. The van der Waals surface area contributed by atoms with Crippen LogP contribution in [-0.2, 0) is 17.8 Å². The molecule has 106 valence electrons. The number of aromatic nitrogens is 2. The molecule has 1 aromatic carbocycles. The first-order valence-corrected chi connectivity index (χ1v) is 6.89. The summed E-state index contributed by atoms with van der Waals surface area (Å²) in [7, 11) is 0. The summed E-state index contributed by atoms with van der Waals surface area (Å²) in [5.74, 6) is -0.285. The average Bonchev–Trinajstić information content (AvgIpc) is 2.75. The Morgan fingerprint density at radius 1 is 1.40 bits per heavy atom. The van der Waals surface area contributed by atoms with E-state index < -0.39 is 6.10 Å². The van der Waals surface area contributed by atoms with E-state index in [2.05, 4.69) is 5.10 Å². The average molecular weight is 293 g/mol. The molecule has 0 amide bonds. The Kier molecular flexibility index (Phi) is 4.57. The second-order valence-electron chi connectivity index (χ2n) is 4.62. The van der Waals surface area contributed by atoms with Crippen LogP contribution in [0.1, 0.15) is 30.0 Å². The fourth-order valence-electron chi connectivity index (χ4n) is 2.12. The molecule has 1 unspecified atom stereocenters. The summed E-state index contributed by atoms with van der Waals surface area (Å²) in [5, 5.41) is 14.9. The van der Waals surface area contributed by atoms with Gasteiger partial charge in [0.1, 0.15) is 6.10 Å². The predicted octanol–water partition coefficient (Wildman–Crippen LogP) is 2.71. The maximum absolute atomic E-state index is 12.2. The number of hydrogen-bond acceptors (Lipinski definition) is 3. The quantitative estimate of drug-likeness (QED) is 0.922. The highest BCUT2D eigenvalue weighted by Crippen LogP contribution is 2.23. The molecule has 2 rings (SSSR count). The smallest absolute Gasteiger partial charge is 0.171 e. The van der Waals surface area contributed by atoms with E-state index in [-0.39, 0.29) is 12.2 Å². The van der Waals surface area contributed by atoms with E-state index in [0.29, 0.717) is 28.5 Å². The number of carbonyl (C=O) groups excluding carboxylic acids is 1. The van der Waals surface area contributed by atoms with Crippen molar-refractivity contribution in [2.24, 2.45) is 0 Å². The molecular weight excluding hydrogens is 276 g/mol. The van der Waals surface area contributed by atoms with E-state index in [9.17, 15) is 9.90 Å². The van der Waals surface area contributed by atoms with Gasteiger partial charge in [0, 0.05) is 6.54 Å². The van der Waals surface area contributed by atoms with Crippen LogP contribution >= 0.6 is 11.6 Å². The molecule has 0 spiro atoms. The van der Waals surface area contributed by atoms with Gasteiger partial charge >= 0.3 is 0 Å². The van der Waals surface area contributed by atoms with Gasteiger partial charge in [-0.05, 0) is 19.4 Å². The van der Waals surface area contributed by atoms with Gasteiger partial charge in [0.25, 0.3) is 0 Å². The normalized spacial score (nSPS) is 12.4. The van der Waals surface area contributed by atoms with Gasteiger partial charge in [0.2, 0.25) is 0 Å². The molecule has 0 radical (unpaired) electrons. The van der Waals surface area contributed by atoms with Gasteiger partial charge in [0.15, 0.2) is 5.78 Å². The van der Waals surface area contributed by atoms with Crippen molar-refractivity contribution in [2.75, 3.05) is 0 Å². The largest absolute Gasteiger partial charge is 0.381 e. The minimum atomic E-state index is -1.13. The van der Waals surface area contributed by atoms with Crippen molar-refractivity contribution in [1.29, 1.82) is 0 Å². The van der Waals surface area contributed by atoms with Gasteiger partial charge in [-0.1, -0.05) is 41.9 Å². The Labute approximate surface area is 123 Å². The number of Topliss-reactive ketones (excluding diaryl/α,β-unsaturated/α-hetero) is 1. The van der Waals surface area contributed by atoms with Crippen LogP contribution in [0.3, 0.4) is 0 Å². The van der Waals surface area contributed by atoms with Gasteiger partial charge in [-0.25, -0.2) is 0 Å². The van der Waals surface area contributed by atoms with Crippen molar-refractivity contribution in [1.82, 2.24) is 9.78 Å². The number of nitrogens with zero attached hydrogens (tertiary/aromatic N) is 2. The summed E-state index contributed by atoms with van der Waals surface area (Å²) < 4.78 is 1.70. The molecule has 2 aromatic rings. The number of aliphatic hydroxyl groups excluding tert-OH is 1. The van der Waals surface area contributed by atoms with Crippen LogP contribution in [0, 0.1) is 6.92 Å². The molecule has 0 saturated carbocycles. The van der Waals surface area contributed by atoms with Crippen LogP contribution in [0.4, 0.5) is 0 Å². The fourth-order valence-corrected chi connectivity index (χ4v) is 2.32. The summed E-state index contributed by atoms with van der Waals surface area (Å²) >= 11 is 6.17. The molecule has 1 aromatic heterocycles. The summed E-state index contributed by atoms with van der Waals surface area (Å²) in [5.41, 5.74) is 1.95. The molecule has 0 aliphatic carbocycles. The van der Waals surface area contributed by atoms with Crippen molar-refractivity contribution < 1.29 is 9.90 Å². The van der Waals surface area contributed by atoms with E-state index in [1.54, 1.807) is 35.9 Å². The number of halogens is 1. The van der Waals surface area contributed by atoms with E-state index in [0.717, 1.165) is 0 Å². The third-order valence-electron chi connectivity index (χ3n) is 3.21. The summed E-state index contributed by atoms with van der Waals surface area (Å²) in [6.45, 7) is 4.37. The molecule has 4 nitrogen and oxygen atoms in total. The van der Waals surface area contributed by atoms with Gasteiger partial charge in [-0.2, -0.15) is 5.10 Å². The zero-order valence-electron chi connectivity index (χ0n) is 11.5. The van der Waals surface area contributed by atoms with Crippen LogP contribution in [0.2, 0.25) is 5.02 Å². The number of ketones is 1. The van der Waals surface area contributed by atoms with E-state index in [1.807, 2.05) is 13.0 Å². The topological polar surface area (TPSA) is 55.1 Å². The van der Waals surface area contributed by atoms with Gasteiger partial charge in [-0.15, -0.1) is 0 Å². The summed E-state index contributed by atoms with van der Waals surface area (Å²) in [6.07, 6.45) is -1.06. The molecule has 1 heterocycles. The molecule has 20 heavy (non-hydrogen) atoms. The standard InChI is InChI=1S/C15H17ClN2O2/c1-3-18-12(14(16)10(2)17-18)9-13(19)15(20)11-7-5-4-6-8-11/h4-8,15,20H,3,9H2,1-2H3. The first-order valence-electron chi connectivity index (χ1n) is 6.52. The SMILES string of the molecule is CCn1nc(C)c(Cl)c1CC(=O)C(O)c1ccccc1. The van der Waals surface area contributed by atoms with Gasteiger partial charge in [0.05, 0.1) is 22.8 Å². The Morgan fingerprint density at radius 3 is 2.65 bits per heavy atom. The second kappa shape index (κ2) is 6.20. The maximum atomic E-state index is 12.2. The molecular formula is C15H17ClN2O2. The second-order valence-corrected chi connectivity index (χ2v) is 5.00. The first kappa shape index (κ1) is 14.8. The number of carbonyl (C=O) groups is 1. The molecule has 1 atom stereocenters. The predicted molar refractivity (Wildman–Crippen MR) is 77.8 cm³/mol. The number of hydrogen-bond donors (Lipinski definition) is 1. The zero-order valence-corrected chi connectivity index (χ0v) is 12.3. The highest BCUT2D eigenvalue weighted by atomic mass is 35.5. The molecule has 1 N–H and O–H groups in total. The third kappa shape index (κ3) is 2.92. The summed E-state index contributed by atoms with van der Waals surface area (Å²) in [6, 6.07) is 8.88. The Morgan fingerprint density at radius 2 is 2.05 bits per heavy atom. The molecule has 0 saturated heterocycles. The molecule has 0 aliphatic heterocycles. The first-order chi connectivity index (χ1) is 9.54. The Balaban J connectivity index is 2.20. The van der Waals surface area contributed by atoms with Crippen LogP contribution in [-0.4, -0.2) is 20.7 Å². The van der Waals surface area contributed by atoms with Crippen molar-refractivity contribution in [3.05, 3.63) is 52.3 Å².